The van der Waals surface area contributed by atoms with E-state index in [1.165, 1.54) is 0 Å². The van der Waals surface area contributed by atoms with Gasteiger partial charge in [0.25, 0.3) is 0 Å². The molecule has 4 nitrogen and oxygen atoms in total. The van der Waals surface area contributed by atoms with Crippen molar-refractivity contribution in [2.24, 2.45) is 0 Å². The summed E-state index contributed by atoms with van der Waals surface area (Å²) in [5.74, 6) is 0.894. The number of hydrogen-bond acceptors (Lipinski definition) is 3. The minimum Gasteiger partial charge on any atom is -0.378 e. The molecule has 2 rings (SSSR count). The number of aryl methyl sites for hydroxylation is 1. The Balaban J connectivity index is 2.08. The quantitative estimate of drug-likeness (QED) is 0.820. The van der Waals surface area contributed by atoms with E-state index in [0.717, 1.165) is 30.8 Å². The number of hydrogen-bond donors (Lipinski definition) is 2. The predicted molar refractivity (Wildman–Crippen MR) is 85.7 cm³/mol. The van der Waals surface area contributed by atoms with Crippen LogP contribution in [0.4, 0.5) is 5.69 Å². The van der Waals surface area contributed by atoms with Crippen LogP contribution in [0, 0.1) is 11.3 Å². The van der Waals surface area contributed by atoms with Crippen LogP contribution in [-0.2, 0) is 13.0 Å². The van der Waals surface area contributed by atoms with Gasteiger partial charge in [-0.3, -0.25) is 0 Å². The lowest BCUT2D eigenvalue weighted by Gasteiger charge is -2.07. The fraction of sp³-hybridized carbons (Fsp3) is 0.333. The number of rotatable bonds is 6. The number of H-pyrrole nitrogens is 1. The highest BCUT2D eigenvalue weighted by atomic mass is 35.5. The number of aromatic nitrogens is 2. The van der Waals surface area contributed by atoms with Gasteiger partial charge in [-0.25, -0.2) is 4.98 Å². The molecular weight excluding hydrogens is 307 g/mol. The Labute approximate surface area is 134 Å². The van der Waals surface area contributed by atoms with Crippen molar-refractivity contribution >= 4 is 28.9 Å². The van der Waals surface area contributed by atoms with Crippen molar-refractivity contribution in [2.75, 3.05) is 5.32 Å². The van der Waals surface area contributed by atoms with E-state index in [1.54, 1.807) is 18.2 Å². The number of aromatic amines is 1. The maximum atomic E-state index is 9.08. The molecule has 0 atom stereocenters. The molecule has 0 aliphatic rings. The second-order valence-corrected chi connectivity index (χ2v) is 5.51. The minimum atomic E-state index is 0.465. The summed E-state index contributed by atoms with van der Waals surface area (Å²) in [5, 5.41) is 13.3. The SMILES string of the molecule is CCCCc1nc(Cl)c(CNc2cc(Cl)ccc2C#N)[nH]1. The van der Waals surface area contributed by atoms with Gasteiger partial charge in [0.1, 0.15) is 11.9 Å². The van der Waals surface area contributed by atoms with Gasteiger partial charge in [0.05, 0.1) is 23.5 Å². The zero-order valence-corrected chi connectivity index (χ0v) is 13.2. The molecule has 2 aromatic rings. The monoisotopic (exact) mass is 322 g/mol. The van der Waals surface area contributed by atoms with Crippen LogP contribution in [0.15, 0.2) is 18.2 Å². The van der Waals surface area contributed by atoms with Gasteiger partial charge in [-0.2, -0.15) is 5.26 Å². The summed E-state index contributed by atoms with van der Waals surface area (Å²) in [5.41, 5.74) is 2.04. The standard InChI is InChI=1S/C15H16Cl2N4/c1-2-3-4-14-20-13(15(17)21-14)9-19-12-7-11(16)6-5-10(12)8-18/h5-7,19H,2-4,9H2,1H3,(H,20,21). The van der Waals surface area contributed by atoms with Crippen molar-refractivity contribution in [1.29, 1.82) is 5.26 Å². The van der Waals surface area contributed by atoms with Gasteiger partial charge in [0, 0.05) is 11.4 Å². The molecule has 110 valence electrons. The van der Waals surface area contributed by atoms with Crippen molar-refractivity contribution in [1.82, 2.24) is 9.97 Å². The Morgan fingerprint density at radius 3 is 2.90 bits per heavy atom. The highest BCUT2D eigenvalue weighted by Crippen LogP contribution is 2.22. The van der Waals surface area contributed by atoms with Gasteiger partial charge in [-0.15, -0.1) is 0 Å². The first kappa shape index (κ1) is 15.7. The number of nitrogens with zero attached hydrogens (tertiary/aromatic N) is 2. The zero-order chi connectivity index (χ0) is 15.2. The summed E-state index contributed by atoms with van der Waals surface area (Å²) in [6, 6.07) is 7.23. The maximum Gasteiger partial charge on any atom is 0.152 e. The van der Waals surface area contributed by atoms with Crippen LogP contribution in [0.25, 0.3) is 0 Å². The molecule has 1 aromatic heterocycles. The molecule has 0 saturated carbocycles. The van der Waals surface area contributed by atoms with Crippen molar-refractivity contribution in [3.8, 4) is 6.07 Å². The Morgan fingerprint density at radius 1 is 1.38 bits per heavy atom. The third kappa shape index (κ3) is 4.13. The van der Waals surface area contributed by atoms with Crippen LogP contribution in [0.2, 0.25) is 10.2 Å². The van der Waals surface area contributed by atoms with Gasteiger partial charge in [0.15, 0.2) is 5.15 Å². The Bertz CT molecular complexity index is 658. The van der Waals surface area contributed by atoms with Gasteiger partial charge >= 0.3 is 0 Å². The molecule has 0 bridgehead atoms. The van der Waals surface area contributed by atoms with E-state index >= 15 is 0 Å². The molecule has 0 aliphatic heterocycles. The van der Waals surface area contributed by atoms with Gasteiger partial charge in [-0.05, 0) is 24.6 Å². The van der Waals surface area contributed by atoms with Crippen molar-refractivity contribution in [3.05, 3.63) is 45.5 Å². The summed E-state index contributed by atoms with van der Waals surface area (Å²) in [4.78, 5) is 7.52. The molecule has 0 saturated heterocycles. The number of nitrogens with one attached hydrogen (secondary N) is 2. The van der Waals surface area contributed by atoms with E-state index in [0.29, 0.717) is 28.0 Å². The summed E-state index contributed by atoms with van der Waals surface area (Å²) < 4.78 is 0. The zero-order valence-electron chi connectivity index (χ0n) is 11.7. The second kappa shape index (κ2) is 7.35. The number of anilines is 1. The van der Waals surface area contributed by atoms with E-state index in [1.807, 2.05) is 0 Å². The first-order valence-corrected chi connectivity index (χ1v) is 7.56. The Morgan fingerprint density at radius 2 is 2.19 bits per heavy atom. The summed E-state index contributed by atoms with van der Waals surface area (Å²) >= 11 is 12.1. The lowest BCUT2D eigenvalue weighted by atomic mass is 10.2. The second-order valence-electron chi connectivity index (χ2n) is 4.71. The lowest BCUT2D eigenvalue weighted by Crippen LogP contribution is -2.02. The third-order valence-electron chi connectivity index (χ3n) is 3.10. The van der Waals surface area contributed by atoms with Crippen molar-refractivity contribution in [2.45, 2.75) is 32.7 Å². The van der Waals surface area contributed by atoms with E-state index in [9.17, 15) is 0 Å². The van der Waals surface area contributed by atoms with Crippen LogP contribution in [0.3, 0.4) is 0 Å². The normalized spacial score (nSPS) is 10.4. The average molecular weight is 323 g/mol. The number of nitriles is 1. The third-order valence-corrected chi connectivity index (χ3v) is 3.65. The molecule has 2 N–H and O–H groups in total. The number of halogens is 2. The molecule has 0 unspecified atom stereocenters. The minimum absolute atomic E-state index is 0.465. The largest absolute Gasteiger partial charge is 0.378 e. The van der Waals surface area contributed by atoms with E-state index < -0.39 is 0 Å². The number of imidazole rings is 1. The molecule has 1 heterocycles. The summed E-state index contributed by atoms with van der Waals surface area (Å²) in [6.45, 7) is 2.60. The molecule has 0 radical (unpaired) electrons. The first-order valence-electron chi connectivity index (χ1n) is 6.80. The number of unbranched alkanes of at least 4 members (excludes halogenated alkanes) is 1. The molecule has 0 aliphatic carbocycles. The van der Waals surface area contributed by atoms with Crippen LogP contribution in [0.5, 0.6) is 0 Å². The highest BCUT2D eigenvalue weighted by molar-refractivity contribution is 6.31. The van der Waals surface area contributed by atoms with Gasteiger partial charge in [-0.1, -0.05) is 36.5 Å². The van der Waals surface area contributed by atoms with Gasteiger partial charge < -0.3 is 10.3 Å². The average Bonchev–Trinajstić information content (AvgIpc) is 2.83. The number of benzene rings is 1. The summed E-state index contributed by atoms with van der Waals surface area (Å²) in [6.07, 6.45) is 3.07. The van der Waals surface area contributed by atoms with Crippen LogP contribution >= 0.6 is 23.2 Å². The van der Waals surface area contributed by atoms with Crippen LogP contribution < -0.4 is 5.32 Å². The first-order chi connectivity index (χ1) is 10.1. The summed E-state index contributed by atoms with van der Waals surface area (Å²) in [7, 11) is 0. The molecule has 21 heavy (non-hydrogen) atoms. The maximum absolute atomic E-state index is 9.08. The Hall–Kier alpha value is -1.70. The van der Waals surface area contributed by atoms with E-state index in [2.05, 4.69) is 28.3 Å². The van der Waals surface area contributed by atoms with Crippen molar-refractivity contribution in [3.63, 3.8) is 0 Å². The smallest absolute Gasteiger partial charge is 0.152 e. The molecule has 0 amide bonds. The molecule has 6 heteroatoms. The van der Waals surface area contributed by atoms with E-state index in [4.69, 9.17) is 28.5 Å². The fourth-order valence-corrected chi connectivity index (χ4v) is 2.35. The van der Waals surface area contributed by atoms with Crippen molar-refractivity contribution < 1.29 is 0 Å². The highest BCUT2D eigenvalue weighted by Gasteiger charge is 2.09. The van der Waals surface area contributed by atoms with Crippen LogP contribution in [0.1, 0.15) is 36.8 Å². The van der Waals surface area contributed by atoms with Crippen LogP contribution in [-0.4, -0.2) is 9.97 Å². The topological polar surface area (TPSA) is 64.5 Å². The molecule has 0 spiro atoms. The van der Waals surface area contributed by atoms with Gasteiger partial charge in [0.2, 0.25) is 0 Å². The predicted octanol–water partition coefficient (Wildman–Crippen LogP) is 4.54. The molecule has 1 aromatic carbocycles. The van der Waals surface area contributed by atoms with E-state index in [-0.39, 0.29) is 0 Å². The molecule has 0 fully saturated rings. The lowest BCUT2D eigenvalue weighted by molar-refractivity contribution is 0.760. The Kier molecular flexibility index (Phi) is 5.49. The fourth-order valence-electron chi connectivity index (χ4n) is 1.96. The molecular formula is C15H16Cl2N4.